The van der Waals surface area contributed by atoms with E-state index in [2.05, 4.69) is 4.98 Å². The van der Waals surface area contributed by atoms with Gasteiger partial charge in [-0.05, 0) is 6.07 Å². The second kappa shape index (κ2) is 5.59. The molecule has 0 atom stereocenters. The van der Waals surface area contributed by atoms with E-state index in [1.807, 2.05) is 0 Å². The number of nitrogens with zero attached hydrogens (tertiary/aromatic N) is 1. The van der Waals surface area contributed by atoms with Crippen molar-refractivity contribution in [3.8, 4) is 0 Å². The lowest BCUT2D eigenvalue weighted by atomic mass is 10.4. The van der Waals surface area contributed by atoms with Gasteiger partial charge >= 0.3 is 0 Å². The second-order valence-electron chi connectivity index (χ2n) is 1.40. The van der Waals surface area contributed by atoms with Gasteiger partial charge in [-0.25, -0.2) is 0 Å². The predicted molar refractivity (Wildman–Crippen MR) is 48.2 cm³/mol. The summed E-state index contributed by atoms with van der Waals surface area (Å²) in [7, 11) is 0. The maximum Gasteiger partial charge on any atom is 0.0689 e. The third-order valence-electron chi connectivity index (χ3n) is 0.796. The fourth-order valence-corrected chi connectivity index (χ4v) is 0.495. The summed E-state index contributed by atoms with van der Waals surface area (Å²) in [5, 5.41) is 0.556. The zero-order valence-electron chi connectivity index (χ0n) is 4.95. The molecule has 0 bridgehead atoms. The van der Waals surface area contributed by atoms with E-state index in [9.17, 15) is 0 Å². The lowest BCUT2D eigenvalue weighted by molar-refractivity contribution is 1.33. The van der Waals surface area contributed by atoms with Crippen LogP contribution in [-0.2, 0) is 0 Å². The smallest absolute Gasteiger partial charge is 0.0689 e. The molecule has 0 aliphatic carbocycles. The van der Waals surface area contributed by atoms with Crippen molar-refractivity contribution in [3.05, 3.63) is 23.5 Å². The minimum Gasteiger partial charge on any atom is -0.396 e. The Morgan fingerprint density at radius 2 is 2.00 bits per heavy atom. The number of aromatic nitrogens is 1. The fourth-order valence-electron chi connectivity index (χ4n) is 0.390. The maximum atomic E-state index is 5.54. The Bertz CT molecular complexity index is 171. The molecule has 0 radical (unpaired) electrons. The van der Waals surface area contributed by atoms with Crippen molar-refractivity contribution in [1.29, 1.82) is 0 Å². The highest BCUT2D eigenvalue weighted by Crippen LogP contribution is 2.13. The fraction of sp³-hybridized carbons (Fsp3) is 0. The average Bonchev–Trinajstić information content (AvgIpc) is 1.77. The van der Waals surface area contributed by atoms with Gasteiger partial charge in [0.25, 0.3) is 0 Å². The summed E-state index contributed by atoms with van der Waals surface area (Å²) in [5.74, 6) is 0. The van der Waals surface area contributed by atoms with Crippen LogP contribution in [0.5, 0.6) is 0 Å². The van der Waals surface area contributed by atoms with Crippen molar-refractivity contribution < 1.29 is 0 Å². The van der Waals surface area contributed by atoms with Crippen molar-refractivity contribution >= 4 is 42.1 Å². The zero-order chi connectivity index (χ0) is 5.98. The van der Waals surface area contributed by atoms with Gasteiger partial charge in [0, 0.05) is 6.20 Å². The van der Waals surface area contributed by atoms with Gasteiger partial charge in [0.1, 0.15) is 0 Å². The van der Waals surface area contributed by atoms with Crippen LogP contribution < -0.4 is 5.73 Å². The molecule has 0 aliphatic rings. The SMILES string of the molecule is Cl.Cl.Nc1cnccc1Cl. The molecule has 1 aromatic rings. The summed E-state index contributed by atoms with van der Waals surface area (Å²) in [6.45, 7) is 0. The van der Waals surface area contributed by atoms with E-state index < -0.39 is 0 Å². The van der Waals surface area contributed by atoms with Gasteiger partial charge in [0.05, 0.1) is 16.9 Å². The Morgan fingerprint density at radius 1 is 1.40 bits per heavy atom. The summed E-state index contributed by atoms with van der Waals surface area (Å²) < 4.78 is 0. The van der Waals surface area contributed by atoms with Crippen LogP contribution >= 0.6 is 36.4 Å². The van der Waals surface area contributed by atoms with Crippen LogP contribution in [0.25, 0.3) is 0 Å². The highest BCUT2D eigenvalue weighted by molar-refractivity contribution is 6.32. The van der Waals surface area contributed by atoms with Crippen LogP contribution in [0.15, 0.2) is 18.5 Å². The van der Waals surface area contributed by atoms with E-state index in [1.54, 1.807) is 12.3 Å². The van der Waals surface area contributed by atoms with Crippen LogP contribution in [0.1, 0.15) is 0 Å². The Labute approximate surface area is 76.6 Å². The molecule has 0 aliphatic heterocycles. The minimum absolute atomic E-state index is 0. The van der Waals surface area contributed by atoms with Gasteiger partial charge in [-0.2, -0.15) is 0 Å². The first-order valence-corrected chi connectivity index (χ1v) is 2.53. The molecule has 58 valence electrons. The molecule has 2 nitrogen and oxygen atoms in total. The van der Waals surface area contributed by atoms with Crippen LogP contribution in [0, 0.1) is 0 Å². The van der Waals surface area contributed by atoms with Crippen molar-refractivity contribution in [2.45, 2.75) is 0 Å². The number of halogens is 3. The highest BCUT2D eigenvalue weighted by atomic mass is 35.5. The Kier molecular flexibility index (Phi) is 6.99. The highest BCUT2D eigenvalue weighted by Gasteiger charge is 1.88. The summed E-state index contributed by atoms with van der Waals surface area (Å²) in [5.41, 5.74) is 5.85. The van der Waals surface area contributed by atoms with Crippen molar-refractivity contribution in [2.75, 3.05) is 5.73 Å². The molecule has 5 heteroatoms. The van der Waals surface area contributed by atoms with Gasteiger partial charge in [0.2, 0.25) is 0 Å². The number of hydrogen-bond donors (Lipinski definition) is 1. The Morgan fingerprint density at radius 3 is 2.30 bits per heavy atom. The molecule has 2 N–H and O–H groups in total. The summed E-state index contributed by atoms with van der Waals surface area (Å²) in [4.78, 5) is 3.74. The van der Waals surface area contributed by atoms with Crippen LogP contribution in [0.2, 0.25) is 5.02 Å². The average molecular weight is 201 g/mol. The van der Waals surface area contributed by atoms with E-state index in [-0.39, 0.29) is 24.8 Å². The predicted octanol–water partition coefficient (Wildman–Crippen LogP) is 2.16. The Hall–Kier alpha value is -0.180. The molecule has 0 saturated heterocycles. The van der Waals surface area contributed by atoms with Crippen LogP contribution in [0.3, 0.4) is 0 Å². The number of rotatable bonds is 0. The lowest BCUT2D eigenvalue weighted by Crippen LogP contribution is -1.85. The van der Waals surface area contributed by atoms with Crippen molar-refractivity contribution in [3.63, 3.8) is 0 Å². The third-order valence-corrected chi connectivity index (χ3v) is 1.14. The number of hydrogen-bond acceptors (Lipinski definition) is 2. The number of nitrogen functional groups attached to an aromatic ring is 1. The number of nitrogens with two attached hydrogens (primary N) is 1. The molecule has 1 rings (SSSR count). The molecule has 0 spiro atoms. The van der Waals surface area contributed by atoms with Gasteiger partial charge < -0.3 is 5.73 Å². The van der Waals surface area contributed by atoms with Crippen LogP contribution in [-0.4, -0.2) is 4.98 Å². The Balaban J connectivity index is 0. The third kappa shape index (κ3) is 3.11. The maximum absolute atomic E-state index is 5.54. The molecule has 0 saturated carbocycles. The largest absolute Gasteiger partial charge is 0.396 e. The van der Waals surface area contributed by atoms with E-state index in [1.165, 1.54) is 6.20 Å². The quantitative estimate of drug-likeness (QED) is 0.699. The van der Waals surface area contributed by atoms with Crippen molar-refractivity contribution in [1.82, 2.24) is 4.98 Å². The molecular formula is C5H7Cl3N2. The van der Waals surface area contributed by atoms with Crippen molar-refractivity contribution in [2.24, 2.45) is 0 Å². The second-order valence-corrected chi connectivity index (χ2v) is 1.80. The number of anilines is 1. The first-order chi connectivity index (χ1) is 3.80. The summed E-state index contributed by atoms with van der Waals surface area (Å²) in [6, 6.07) is 1.65. The number of pyridine rings is 1. The van der Waals surface area contributed by atoms with E-state index >= 15 is 0 Å². The lowest BCUT2D eigenvalue weighted by Gasteiger charge is -1.90. The summed E-state index contributed by atoms with van der Waals surface area (Å²) in [6.07, 6.45) is 3.11. The molecule has 1 heterocycles. The molecular weight excluding hydrogens is 194 g/mol. The van der Waals surface area contributed by atoms with Gasteiger partial charge in [-0.15, -0.1) is 24.8 Å². The molecule has 0 aromatic carbocycles. The molecule has 1 aromatic heterocycles. The summed E-state index contributed by atoms with van der Waals surface area (Å²) >= 11 is 5.54. The van der Waals surface area contributed by atoms with Gasteiger partial charge in [0.15, 0.2) is 0 Å². The first-order valence-electron chi connectivity index (χ1n) is 2.15. The topological polar surface area (TPSA) is 38.9 Å². The normalized spacial score (nSPS) is 7.30. The monoisotopic (exact) mass is 200 g/mol. The standard InChI is InChI=1S/C5H5ClN2.2ClH/c6-4-1-2-8-3-5(4)7;;/h1-3H,7H2;2*1H. The van der Waals surface area contributed by atoms with E-state index in [0.717, 1.165) is 0 Å². The van der Waals surface area contributed by atoms with E-state index in [0.29, 0.717) is 10.7 Å². The molecule has 0 unspecified atom stereocenters. The zero-order valence-corrected chi connectivity index (χ0v) is 7.34. The molecule has 0 amide bonds. The minimum atomic E-state index is 0. The van der Waals surface area contributed by atoms with E-state index in [4.69, 9.17) is 17.3 Å². The van der Waals surface area contributed by atoms with Gasteiger partial charge in [-0.3, -0.25) is 4.98 Å². The molecule has 0 fully saturated rings. The van der Waals surface area contributed by atoms with Gasteiger partial charge in [-0.1, -0.05) is 11.6 Å². The van der Waals surface area contributed by atoms with Crippen LogP contribution in [0.4, 0.5) is 5.69 Å². The molecule has 10 heavy (non-hydrogen) atoms. The first kappa shape index (κ1) is 12.5.